The molecule has 3 fully saturated rings. The van der Waals surface area contributed by atoms with Gasteiger partial charge in [-0.05, 0) is 112 Å². The average molecular weight is 711 g/mol. The number of aromatic nitrogens is 1. The number of carboxylic acid groups (broad SMARTS) is 1. The maximum atomic E-state index is 12.9. The van der Waals surface area contributed by atoms with Crippen molar-refractivity contribution >= 4 is 22.7 Å². The Hall–Kier alpha value is -4.38. The van der Waals surface area contributed by atoms with E-state index in [0.717, 1.165) is 94.4 Å². The van der Waals surface area contributed by atoms with Crippen LogP contribution in [-0.2, 0) is 0 Å². The first kappa shape index (κ1) is 37.4. The van der Waals surface area contributed by atoms with E-state index >= 15 is 0 Å². The molecule has 10 heteroatoms. The Kier molecular flexibility index (Phi) is 12.9. The van der Waals surface area contributed by atoms with Crippen LogP contribution in [-0.4, -0.2) is 70.6 Å². The molecule has 5 N–H and O–H groups in total. The Bertz CT molecular complexity index is 1820. The number of H-pyrrole nitrogens is 1. The van der Waals surface area contributed by atoms with Crippen LogP contribution in [0.5, 0.6) is 11.5 Å². The molecule has 3 saturated heterocycles. The molecule has 0 saturated carbocycles. The fourth-order valence-corrected chi connectivity index (χ4v) is 8.16. The number of nitrogens with one attached hydrogen (secondary N) is 2. The van der Waals surface area contributed by atoms with E-state index in [9.17, 15) is 24.9 Å². The minimum absolute atomic E-state index is 0.0115. The number of phenols is 1. The summed E-state index contributed by atoms with van der Waals surface area (Å²) in [7, 11) is 0. The molecule has 0 spiro atoms. The molecule has 3 aromatic carbocycles. The smallest absolute Gasteiger partial charge is 0.412 e. The van der Waals surface area contributed by atoms with E-state index in [1.54, 1.807) is 17.0 Å². The third-order valence-electron chi connectivity index (χ3n) is 11.0. The van der Waals surface area contributed by atoms with E-state index in [0.29, 0.717) is 41.2 Å². The van der Waals surface area contributed by atoms with Crippen molar-refractivity contribution in [3.63, 3.8) is 0 Å². The van der Waals surface area contributed by atoms with E-state index in [4.69, 9.17) is 4.74 Å². The number of pyridine rings is 1. The molecule has 278 valence electrons. The van der Waals surface area contributed by atoms with Crippen molar-refractivity contribution in [3.05, 3.63) is 99.8 Å². The molecular formula is C42H54N4O6. The molecule has 0 aliphatic carbocycles. The molecule has 0 radical (unpaired) electrons. The van der Waals surface area contributed by atoms with Crippen LogP contribution in [0.3, 0.4) is 0 Å². The number of hydrogen-bond acceptors (Lipinski definition) is 7. The molecule has 2 bridgehead atoms. The zero-order valence-corrected chi connectivity index (χ0v) is 30.3. The molecule has 3 aliphatic rings. The molecule has 1 unspecified atom stereocenters. The second-order valence-corrected chi connectivity index (χ2v) is 14.6. The number of aliphatic hydroxyl groups excluding tert-OH is 1. The summed E-state index contributed by atoms with van der Waals surface area (Å²) in [5.41, 5.74) is 3.53. The predicted octanol–water partition coefficient (Wildman–Crippen LogP) is 7.54. The lowest BCUT2D eigenvalue weighted by molar-refractivity contribution is 0.0358. The summed E-state index contributed by atoms with van der Waals surface area (Å²) in [4.78, 5) is 31.3. The number of fused-ring (bicyclic) bond motifs is 4. The Morgan fingerprint density at radius 1 is 0.962 bits per heavy atom. The van der Waals surface area contributed by atoms with E-state index in [2.05, 4.69) is 27.3 Å². The van der Waals surface area contributed by atoms with Crippen molar-refractivity contribution in [3.8, 4) is 11.5 Å². The van der Waals surface area contributed by atoms with E-state index in [1.165, 1.54) is 18.6 Å². The van der Waals surface area contributed by atoms with E-state index in [1.807, 2.05) is 43.3 Å². The number of amides is 1. The van der Waals surface area contributed by atoms with Crippen LogP contribution in [0.4, 0.5) is 10.5 Å². The van der Waals surface area contributed by atoms with Gasteiger partial charge < -0.3 is 35.3 Å². The van der Waals surface area contributed by atoms with Gasteiger partial charge in [0.25, 0.3) is 0 Å². The molecule has 3 aliphatic heterocycles. The summed E-state index contributed by atoms with van der Waals surface area (Å²) in [5, 5.41) is 35.3. The summed E-state index contributed by atoms with van der Waals surface area (Å²) in [5.74, 6) is 1.51. The first-order chi connectivity index (χ1) is 25.3. The van der Waals surface area contributed by atoms with Crippen molar-refractivity contribution in [2.75, 3.05) is 44.2 Å². The zero-order chi connectivity index (χ0) is 36.5. The van der Waals surface area contributed by atoms with Gasteiger partial charge in [0.15, 0.2) is 0 Å². The topological polar surface area (TPSA) is 138 Å². The van der Waals surface area contributed by atoms with Crippen molar-refractivity contribution in [2.24, 2.45) is 11.8 Å². The van der Waals surface area contributed by atoms with Crippen molar-refractivity contribution < 1.29 is 24.9 Å². The highest BCUT2D eigenvalue weighted by molar-refractivity contribution is 5.88. The number of aryl methyl sites for hydroxylation is 1. The standard InChI is InChI=1S/C42H54N4O6/c1-29-12-14-32(15-13-29)46(42(50)51)41(36-28-45-23-20-30(36)21-24-45)31-10-9-11-33(26-31)52-25-8-6-4-2-3-5-7-22-43-27-38(48)34-16-18-37(47)40-35(34)17-19-39(49)44-40/h9-19,26,30,36,38,41,43,47-48H,2-8,20-25,27-28H2,1H3,(H,44,49)(H,50,51)/t36?,38-,41-/m0/s1. The van der Waals surface area contributed by atoms with Gasteiger partial charge in [-0.25, -0.2) is 4.79 Å². The monoisotopic (exact) mass is 710 g/mol. The Morgan fingerprint density at radius 3 is 2.40 bits per heavy atom. The molecule has 4 aromatic rings. The average Bonchev–Trinajstić information content (AvgIpc) is 3.15. The van der Waals surface area contributed by atoms with Gasteiger partial charge in [0, 0.05) is 30.2 Å². The number of benzene rings is 3. The van der Waals surface area contributed by atoms with Crippen LogP contribution in [0.25, 0.3) is 10.9 Å². The molecule has 4 heterocycles. The molecule has 52 heavy (non-hydrogen) atoms. The third-order valence-corrected chi connectivity index (χ3v) is 11.0. The molecule has 10 nitrogen and oxygen atoms in total. The van der Waals surface area contributed by atoms with Crippen LogP contribution in [0, 0.1) is 18.8 Å². The minimum atomic E-state index is -0.925. The van der Waals surface area contributed by atoms with Gasteiger partial charge in [0.2, 0.25) is 5.56 Å². The first-order valence-corrected chi connectivity index (χ1v) is 19.1. The number of piperidine rings is 3. The lowest BCUT2D eigenvalue weighted by atomic mass is 9.73. The number of ether oxygens (including phenoxy) is 1. The molecule has 7 rings (SSSR count). The Morgan fingerprint density at radius 2 is 1.69 bits per heavy atom. The van der Waals surface area contributed by atoms with Crippen LogP contribution < -0.4 is 20.5 Å². The van der Waals surface area contributed by atoms with E-state index < -0.39 is 12.2 Å². The van der Waals surface area contributed by atoms with Gasteiger partial charge in [-0.3, -0.25) is 9.69 Å². The number of aromatic amines is 1. The lowest BCUT2D eigenvalue weighted by Crippen LogP contribution is -2.53. The van der Waals surface area contributed by atoms with E-state index in [-0.39, 0.29) is 23.3 Å². The second-order valence-electron chi connectivity index (χ2n) is 14.6. The molecule has 1 aromatic heterocycles. The van der Waals surface area contributed by atoms with Gasteiger partial charge in [-0.1, -0.05) is 68.0 Å². The second kappa shape index (κ2) is 17.9. The fourth-order valence-electron chi connectivity index (χ4n) is 8.16. The van der Waals surface area contributed by atoms with Gasteiger partial charge in [-0.2, -0.15) is 0 Å². The highest BCUT2D eigenvalue weighted by Crippen LogP contribution is 2.44. The highest BCUT2D eigenvalue weighted by atomic mass is 16.5. The number of unbranched alkanes of at least 4 members (excludes halogenated alkanes) is 6. The normalized spacial score (nSPS) is 19.4. The maximum absolute atomic E-state index is 12.9. The highest BCUT2D eigenvalue weighted by Gasteiger charge is 2.43. The summed E-state index contributed by atoms with van der Waals surface area (Å²) in [6, 6.07) is 21.9. The van der Waals surface area contributed by atoms with Crippen molar-refractivity contribution in [1.82, 2.24) is 15.2 Å². The molecule has 1 amide bonds. The van der Waals surface area contributed by atoms with Crippen LogP contribution >= 0.6 is 0 Å². The fraction of sp³-hybridized carbons (Fsp3) is 0.476. The number of hydrogen-bond donors (Lipinski definition) is 5. The van der Waals surface area contributed by atoms with Crippen molar-refractivity contribution in [1.29, 1.82) is 0 Å². The van der Waals surface area contributed by atoms with Crippen LogP contribution in [0.2, 0.25) is 0 Å². The van der Waals surface area contributed by atoms with Crippen LogP contribution in [0.15, 0.2) is 77.6 Å². The number of rotatable bonds is 18. The number of nitrogens with zero attached hydrogens (tertiary/aromatic N) is 2. The van der Waals surface area contributed by atoms with Gasteiger partial charge in [-0.15, -0.1) is 0 Å². The predicted molar refractivity (Wildman–Crippen MR) is 205 cm³/mol. The van der Waals surface area contributed by atoms with Gasteiger partial charge >= 0.3 is 6.09 Å². The number of anilines is 1. The third kappa shape index (κ3) is 9.34. The lowest BCUT2D eigenvalue weighted by Gasteiger charge is -2.49. The van der Waals surface area contributed by atoms with Gasteiger partial charge in [0.1, 0.15) is 11.5 Å². The minimum Gasteiger partial charge on any atom is -0.506 e. The summed E-state index contributed by atoms with van der Waals surface area (Å²) in [6.45, 7) is 6.98. The van der Waals surface area contributed by atoms with Gasteiger partial charge in [0.05, 0.1) is 24.3 Å². The van der Waals surface area contributed by atoms with Crippen LogP contribution in [0.1, 0.15) is 86.6 Å². The largest absolute Gasteiger partial charge is 0.506 e. The van der Waals surface area contributed by atoms with Crippen molar-refractivity contribution in [2.45, 2.75) is 76.9 Å². The summed E-state index contributed by atoms with van der Waals surface area (Å²) < 4.78 is 6.23. The molecule has 3 atom stereocenters. The summed E-state index contributed by atoms with van der Waals surface area (Å²) in [6.07, 6.45) is 8.25. The maximum Gasteiger partial charge on any atom is 0.412 e. The molecular weight excluding hydrogens is 656 g/mol. The number of aliphatic hydroxyl groups is 1. The number of phenolic OH excluding ortho intramolecular Hbond substituents is 1. The first-order valence-electron chi connectivity index (χ1n) is 19.1. The number of carbonyl (C=O) groups is 1. The zero-order valence-electron chi connectivity index (χ0n) is 30.3. The number of aromatic hydroxyl groups is 1. The Labute approximate surface area is 306 Å². The summed E-state index contributed by atoms with van der Waals surface area (Å²) >= 11 is 0. The SMILES string of the molecule is Cc1ccc(N(C(=O)O)[C@@H](c2cccc(OCCCCCCCCCNC[C@H](O)c3ccc(O)c4[nH]c(=O)ccc34)c2)C2CN3CCC2CC3)cc1. The quantitative estimate of drug-likeness (QED) is 0.0668. The Balaban J connectivity index is 0.916.